The number of thiazole rings is 1. The van der Waals surface area contributed by atoms with Gasteiger partial charge in [-0.15, -0.1) is 11.3 Å². The second kappa shape index (κ2) is 4.93. The molecule has 1 aliphatic carbocycles. The third-order valence-corrected chi connectivity index (χ3v) is 3.97. The summed E-state index contributed by atoms with van der Waals surface area (Å²) in [6.07, 6.45) is 3.80. The number of carbonyl (C=O) groups excluding carboxylic acids is 1. The average Bonchev–Trinajstić information content (AvgIpc) is 2.70. The molecule has 0 spiro atoms. The average molecular weight is 239 g/mol. The molecule has 1 aliphatic rings. The van der Waals surface area contributed by atoms with Crippen molar-refractivity contribution < 1.29 is 4.79 Å². The van der Waals surface area contributed by atoms with Gasteiger partial charge in [-0.25, -0.2) is 4.98 Å². The van der Waals surface area contributed by atoms with Crippen LogP contribution in [0.4, 0.5) is 0 Å². The van der Waals surface area contributed by atoms with Crippen LogP contribution in [0, 0.1) is 5.41 Å². The fourth-order valence-electron chi connectivity index (χ4n) is 1.98. The SMILES string of the molecule is NCC1(C(=O)NCCc2cscn2)CCC1. The summed E-state index contributed by atoms with van der Waals surface area (Å²) >= 11 is 1.58. The van der Waals surface area contributed by atoms with Gasteiger partial charge in [0, 0.05) is 24.9 Å². The van der Waals surface area contributed by atoms with Crippen LogP contribution in [0.5, 0.6) is 0 Å². The van der Waals surface area contributed by atoms with Crippen molar-refractivity contribution >= 4 is 17.2 Å². The molecule has 3 N–H and O–H groups in total. The number of hydrogen-bond donors (Lipinski definition) is 2. The first-order valence-electron chi connectivity index (χ1n) is 5.62. The van der Waals surface area contributed by atoms with Gasteiger partial charge in [0.05, 0.1) is 16.6 Å². The standard InChI is InChI=1S/C11H17N3OS/c12-7-11(3-1-4-11)10(15)13-5-2-9-6-16-8-14-9/h6,8H,1-5,7,12H2,(H,13,15). The van der Waals surface area contributed by atoms with Crippen molar-refractivity contribution in [2.45, 2.75) is 25.7 Å². The van der Waals surface area contributed by atoms with E-state index in [4.69, 9.17) is 5.73 Å². The molecule has 0 saturated heterocycles. The van der Waals surface area contributed by atoms with Crippen LogP contribution in [0.25, 0.3) is 0 Å². The molecule has 1 saturated carbocycles. The van der Waals surface area contributed by atoms with Gasteiger partial charge in [-0.3, -0.25) is 4.79 Å². The van der Waals surface area contributed by atoms with Gasteiger partial charge in [0.25, 0.3) is 0 Å². The van der Waals surface area contributed by atoms with E-state index >= 15 is 0 Å². The Hall–Kier alpha value is -0.940. The Balaban J connectivity index is 1.75. The van der Waals surface area contributed by atoms with E-state index in [2.05, 4.69) is 10.3 Å². The van der Waals surface area contributed by atoms with E-state index < -0.39 is 0 Å². The molecule has 1 amide bonds. The predicted octanol–water partition coefficient (Wildman–Crippen LogP) is 0.931. The Bertz CT molecular complexity index is 341. The van der Waals surface area contributed by atoms with E-state index in [1.165, 1.54) is 0 Å². The number of nitrogens with two attached hydrogens (primary N) is 1. The number of nitrogens with one attached hydrogen (secondary N) is 1. The van der Waals surface area contributed by atoms with E-state index in [0.29, 0.717) is 13.1 Å². The number of rotatable bonds is 5. The Morgan fingerprint density at radius 2 is 2.44 bits per heavy atom. The van der Waals surface area contributed by atoms with E-state index in [1.807, 2.05) is 10.9 Å². The Kier molecular flexibility index (Phi) is 3.56. The lowest BCUT2D eigenvalue weighted by Crippen LogP contribution is -2.50. The van der Waals surface area contributed by atoms with Crippen molar-refractivity contribution in [1.82, 2.24) is 10.3 Å². The molecule has 0 bridgehead atoms. The van der Waals surface area contributed by atoms with E-state index in [-0.39, 0.29) is 11.3 Å². The van der Waals surface area contributed by atoms with Crippen molar-refractivity contribution in [3.05, 3.63) is 16.6 Å². The molecule has 1 aromatic rings. The summed E-state index contributed by atoms with van der Waals surface area (Å²) < 4.78 is 0. The highest BCUT2D eigenvalue weighted by Crippen LogP contribution is 2.39. The van der Waals surface area contributed by atoms with Crippen LogP contribution >= 0.6 is 11.3 Å². The third-order valence-electron chi connectivity index (χ3n) is 3.33. The fourth-order valence-corrected chi connectivity index (χ4v) is 2.57. The van der Waals surface area contributed by atoms with Gasteiger partial charge in [0.2, 0.25) is 5.91 Å². The van der Waals surface area contributed by atoms with Crippen LogP contribution < -0.4 is 11.1 Å². The Morgan fingerprint density at radius 3 is 2.94 bits per heavy atom. The molecule has 0 unspecified atom stereocenters. The second-order valence-corrected chi connectivity index (χ2v) is 5.04. The zero-order valence-corrected chi connectivity index (χ0v) is 10.1. The van der Waals surface area contributed by atoms with Crippen LogP contribution in [-0.4, -0.2) is 24.0 Å². The molecule has 16 heavy (non-hydrogen) atoms. The Morgan fingerprint density at radius 1 is 1.62 bits per heavy atom. The van der Waals surface area contributed by atoms with E-state index in [9.17, 15) is 4.79 Å². The van der Waals surface area contributed by atoms with Crippen molar-refractivity contribution in [2.24, 2.45) is 11.1 Å². The monoisotopic (exact) mass is 239 g/mol. The predicted molar refractivity (Wildman–Crippen MR) is 64.2 cm³/mol. The first-order chi connectivity index (χ1) is 7.77. The number of nitrogens with zero attached hydrogens (tertiary/aromatic N) is 1. The molecule has 0 radical (unpaired) electrons. The normalized spacial score (nSPS) is 17.8. The summed E-state index contributed by atoms with van der Waals surface area (Å²) in [4.78, 5) is 16.1. The molecule has 1 aromatic heterocycles. The maximum Gasteiger partial charge on any atom is 0.227 e. The molecule has 0 aromatic carbocycles. The summed E-state index contributed by atoms with van der Waals surface area (Å²) in [7, 11) is 0. The topological polar surface area (TPSA) is 68.0 Å². The van der Waals surface area contributed by atoms with Gasteiger partial charge in [-0.2, -0.15) is 0 Å². The highest BCUT2D eigenvalue weighted by molar-refractivity contribution is 7.07. The van der Waals surface area contributed by atoms with Gasteiger partial charge < -0.3 is 11.1 Å². The van der Waals surface area contributed by atoms with Crippen molar-refractivity contribution in [3.8, 4) is 0 Å². The quantitative estimate of drug-likeness (QED) is 0.803. The number of amides is 1. The maximum atomic E-state index is 11.9. The second-order valence-electron chi connectivity index (χ2n) is 4.32. The minimum Gasteiger partial charge on any atom is -0.355 e. The minimum absolute atomic E-state index is 0.122. The zero-order valence-electron chi connectivity index (χ0n) is 9.24. The molecule has 1 fully saturated rings. The molecular formula is C11H17N3OS. The number of aromatic nitrogens is 1. The highest BCUT2D eigenvalue weighted by atomic mass is 32.1. The van der Waals surface area contributed by atoms with Crippen LogP contribution in [0.2, 0.25) is 0 Å². The van der Waals surface area contributed by atoms with Crippen LogP contribution in [0.3, 0.4) is 0 Å². The maximum absolute atomic E-state index is 11.9. The molecule has 2 rings (SSSR count). The molecule has 0 atom stereocenters. The van der Waals surface area contributed by atoms with Crippen molar-refractivity contribution in [3.63, 3.8) is 0 Å². The lowest BCUT2D eigenvalue weighted by Gasteiger charge is -2.39. The Labute approximate surface area is 99.3 Å². The molecule has 88 valence electrons. The fraction of sp³-hybridized carbons (Fsp3) is 0.636. The van der Waals surface area contributed by atoms with Gasteiger partial charge in [0.1, 0.15) is 0 Å². The van der Waals surface area contributed by atoms with Gasteiger partial charge in [0.15, 0.2) is 0 Å². The first kappa shape index (κ1) is 11.5. The summed E-state index contributed by atoms with van der Waals surface area (Å²) in [6, 6.07) is 0. The van der Waals surface area contributed by atoms with E-state index in [0.717, 1.165) is 31.4 Å². The lowest BCUT2D eigenvalue weighted by atomic mass is 9.68. The van der Waals surface area contributed by atoms with Crippen LogP contribution in [-0.2, 0) is 11.2 Å². The molecule has 0 aliphatic heterocycles. The summed E-state index contributed by atoms with van der Waals surface area (Å²) in [6.45, 7) is 1.12. The molecule has 5 heteroatoms. The smallest absolute Gasteiger partial charge is 0.227 e. The van der Waals surface area contributed by atoms with Crippen LogP contribution in [0.1, 0.15) is 25.0 Å². The summed E-state index contributed by atoms with van der Waals surface area (Å²) in [5.74, 6) is 0.122. The van der Waals surface area contributed by atoms with Gasteiger partial charge in [-0.05, 0) is 12.8 Å². The minimum atomic E-state index is -0.262. The van der Waals surface area contributed by atoms with Crippen molar-refractivity contribution in [1.29, 1.82) is 0 Å². The zero-order chi connectivity index (χ0) is 11.4. The van der Waals surface area contributed by atoms with Gasteiger partial charge >= 0.3 is 0 Å². The highest BCUT2D eigenvalue weighted by Gasteiger charge is 2.42. The van der Waals surface area contributed by atoms with Crippen LogP contribution in [0.15, 0.2) is 10.9 Å². The molecule has 1 heterocycles. The van der Waals surface area contributed by atoms with Crippen molar-refractivity contribution in [2.75, 3.05) is 13.1 Å². The molecule has 4 nitrogen and oxygen atoms in total. The summed E-state index contributed by atoms with van der Waals surface area (Å²) in [5, 5.41) is 4.97. The largest absolute Gasteiger partial charge is 0.355 e. The lowest BCUT2D eigenvalue weighted by molar-refractivity contribution is -0.135. The van der Waals surface area contributed by atoms with Gasteiger partial charge in [-0.1, -0.05) is 6.42 Å². The molecular weight excluding hydrogens is 222 g/mol. The first-order valence-corrected chi connectivity index (χ1v) is 6.56. The number of hydrogen-bond acceptors (Lipinski definition) is 4. The van der Waals surface area contributed by atoms with E-state index in [1.54, 1.807) is 11.3 Å². The third kappa shape index (κ3) is 2.25. The summed E-state index contributed by atoms with van der Waals surface area (Å²) in [5.41, 5.74) is 8.25. The number of carbonyl (C=O) groups is 1.